The van der Waals surface area contributed by atoms with Gasteiger partial charge in [0.2, 0.25) is 5.91 Å². The molecule has 1 aromatic heterocycles. The molecule has 1 amide bonds. The number of benzene rings is 2. The van der Waals surface area contributed by atoms with Crippen LogP contribution in [0, 0.1) is 0 Å². The van der Waals surface area contributed by atoms with Crippen LogP contribution in [0.5, 0.6) is 5.75 Å². The molecule has 0 aliphatic carbocycles. The number of ether oxygens (including phenoxy) is 1. The van der Waals surface area contributed by atoms with Gasteiger partial charge < -0.3 is 14.6 Å². The Hall–Kier alpha value is -2.22. The van der Waals surface area contributed by atoms with Crippen LogP contribution < -0.4 is 10.1 Å². The summed E-state index contributed by atoms with van der Waals surface area (Å²) in [7, 11) is 1.87. The first-order valence-corrected chi connectivity index (χ1v) is 10.7. The number of thioether (sulfide) groups is 1. The molecule has 152 valence electrons. The lowest BCUT2D eigenvalue weighted by Crippen LogP contribution is -2.23. The van der Waals surface area contributed by atoms with E-state index in [2.05, 4.69) is 15.5 Å². The lowest BCUT2D eigenvalue weighted by molar-refractivity contribution is -0.120. The van der Waals surface area contributed by atoms with Gasteiger partial charge in [0.25, 0.3) is 0 Å². The van der Waals surface area contributed by atoms with Gasteiger partial charge in [-0.15, -0.1) is 10.2 Å². The van der Waals surface area contributed by atoms with Crippen molar-refractivity contribution in [3.63, 3.8) is 0 Å². The molecule has 0 spiro atoms. The Morgan fingerprint density at radius 3 is 2.59 bits per heavy atom. The number of carbonyl (C=O) groups is 1. The molecular weight excluding hydrogens is 431 g/mol. The fourth-order valence-corrected chi connectivity index (χ4v) is 3.72. The molecule has 1 heterocycles. The summed E-state index contributed by atoms with van der Waals surface area (Å²) in [5, 5.41) is 13.1. The number of carbonyl (C=O) groups excluding carboxylic acids is 1. The molecule has 0 saturated carbocycles. The summed E-state index contributed by atoms with van der Waals surface area (Å²) in [4.78, 5) is 12.1. The van der Waals surface area contributed by atoms with E-state index in [1.807, 2.05) is 41.9 Å². The van der Waals surface area contributed by atoms with E-state index < -0.39 is 0 Å². The first kappa shape index (κ1) is 21.5. The molecule has 29 heavy (non-hydrogen) atoms. The third-order valence-corrected chi connectivity index (χ3v) is 5.82. The Bertz CT molecular complexity index is 981. The molecule has 0 unspecified atom stereocenters. The van der Waals surface area contributed by atoms with Gasteiger partial charge in [-0.3, -0.25) is 4.79 Å². The number of para-hydroxylation sites is 1. The minimum Gasteiger partial charge on any atom is -0.484 e. The normalized spacial score (nSPS) is 10.7. The molecule has 9 heteroatoms. The van der Waals surface area contributed by atoms with Crippen LogP contribution in [0.1, 0.15) is 17.8 Å². The van der Waals surface area contributed by atoms with E-state index in [9.17, 15) is 4.79 Å². The lowest BCUT2D eigenvalue weighted by Gasteiger charge is -2.08. The lowest BCUT2D eigenvalue weighted by atomic mass is 10.2. The standard InChI is InChI=1S/C20H20Cl2N4O2S/c1-26-18(13-28-17-9-5-4-8-16(17)22)24-25-20(26)29-11-10-19(27)23-12-14-6-2-3-7-15(14)21/h2-9H,10-13H2,1H3,(H,23,27). The number of rotatable bonds is 9. The number of halogens is 2. The van der Waals surface area contributed by atoms with E-state index in [4.69, 9.17) is 27.9 Å². The van der Waals surface area contributed by atoms with Gasteiger partial charge in [-0.2, -0.15) is 0 Å². The van der Waals surface area contributed by atoms with Crippen molar-refractivity contribution in [3.8, 4) is 5.75 Å². The van der Waals surface area contributed by atoms with E-state index >= 15 is 0 Å². The van der Waals surface area contributed by atoms with E-state index in [1.165, 1.54) is 11.8 Å². The zero-order chi connectivity index (χ0) is 20.6. The predicted molar refractivity (Wildman–Crippen MR) is 115 cm³/mol. The first-order valence-electron chi connectivity index (χ1n) is 8.93. The number of aromatic nitrogens is 3. The Kier molecular flexibility index (Phi) is 7.80. The Labute approximate surface area is 183 Å². The monoisotopic (exact) mass is 450 g/mol. The molecule has 3 aromatic rings. The van der Waals surface area contributed by atoms with E-state index in [0.717, 1.165) is 10.7 Å². The predicted octanol–water partition coefficient (Wildman–Crippen LogP) is 4.50. The van der Waals surface area contributed by atoms with Crippen LogP contribution in [0.4, 0.5) is 0 Å². The van der Waals surface area contributed by atoms with Crippen molar-refractivity contribution in [2.45, 2.75) is 24.7 Å². The molecule has 1 N–H and O–H groups in total. The summed E-state index contributed by atoms with van der Waals surface area (Å²) in [6.45, 7) is 0.669. The van der Waals surface area contributed by atoms with Crippen molar-refractivity contribution in [2.24, 2.45) is 7.05 Å². The van der Waals surface area contributed by atoms with E-state index in [0.29, 0.717) is 40.3 Å². The van der Waals surface area contributed by atoms with Crippen molar-refractivity contribution < 1.29 is 9.53 Å². The molecule has 0 fully saturated rings. The summed E-state index contributed by atoms with van der Waals surface area (Å²) >= 11 is 13.7. The number of nitrogens with one attached hydrogen (secondary N) is 1. The maximum Gasteiger partial charge on any atom is 0.221 e. The summed E-state index contributed by atoms with van der Waals surface area (Å²) in [6.07, 6.45) is 0.368. The molecule has 0 bridgehead atoms. The largest absolute Gasteiger partial charge is 0.484 e. The summed E-state index contributed by atoms with van der Waals surface area (Å²) in [6, 6.07) is 14.7. The van der Waals surface area contributed by atoms with E-state index in [1.54, 1.807) is 18.2 Å². The molecule has 0 aliphatic rings. The fraction of sp³-hybridized carbons (Fsp3) is 0.250. The van der Waals surface area contributed by atoms with Crippen LogP contribution in [0.25, 0.3) is 0 Å². The smallest absolute Gasteiger partial charge is 0.221 e. The molecule has 0 saturated heterocycles. The van der Waals surface area contributed by atoms with Crippen LogP contribution >= 0.6 is 35.0 Å². The summed E-state index contributed by atoms with van der Waals surface area (Å²) < 4.78 is 7.55. The van der Waals surface area contributed by atoms with Gasteiger partial charge in [-0.05, 0) is 23.8 Å². The van der Waals surface area contributed by atoms with Gasteiger partial charge >= 0.3 is 0 Å². The highest BCUT2D eigenvalue weighted by Crippen LogP contribution is 2.24. The van der Waals surface area contributed by atoms with Gasteiger partial charge in [0.05, 0.1) is 5.02 Å². The second-order valence-corrected chi connectivity index (χ2v) is 8.02. The van der Waals surface area contributed by atoms with Crippen molar-refractivity contribution in [1.29, 1.82) is 0 Å². The van der Waals surface area contributed by atoms with Crippen LogP contribution in [0.2, 0.25) is 10.0 Å². The minimum atomic E-state index is -0.0399. The van der Waals surface area contributed by atoms with Gasteiger partial charge in [0, 0.05) is 30.8 Å². The number of hydrogen-bond acceptors (Lipinski definition) is 5. The second kappa shape index (κ2) is 10.5. The van der Waals surface area contributed by atoms with Crippen molar-refractivity contribution in [1.82, 2.24) is 20.1 Å². The quantitative estimate of drug-likeness (QED) is 0.486. The van der Waals surface area contributed by atoms with Gasteiger partial charge in [0.1, 0.15) is 12.4 Å². The number of hydrogen-bond donors (Lipinski definition) is 1. The summed E-state index contributed by atoms with van der Waals surface area (Å²) in [5.74, 6) is 1.82. The van der Waals surface area contributed by atoms with Crippen LogP contribution in [0.15, 0.2) is 53.7 Å². The SMILES string of the molecule is Cn1c(COc2ccccc2Cl)nnc1SCCC(=O)NCc1ccccc1Cl. The number of nitrogens with zero attached hydrogens (tertiary/aromatic N) is 3. The average Bonchev–Trinajstić information content (AvgIpc) is 3.06. The maximum atomic E-state index is 12.1. The van der Waals surface area contributed by atoms with Gasteiger partial charge in [-0.25, -0.2) is 0 Å². The van der Waals surface area contributed by atoms with Crippen molar-refractivity contribution in [2.75, 3.05) is 5.75 Å². The van der Waals surface area contributed by atoms with Crippen molar-refractivity contribution in [3.05, 3.63) is 70.0 Å². The zero-order valence-electron chi connectivity index (χ0n) is 15.8. The van der Waals surface area contributed by atoms with Crippen LogP contribution in [0.3, 0.4) is 0 Å². The third kappa shape index (κ3) is 6.13. The van der Waals surface area contributed by atoms with Crippen LogP contribution in [-0.2, 0) is 25.0 Å². The highest BCUT2D eigenvalue weighted by Gasteiger charge is 2.12. The molecule has 3 rings (SSSR count). The molecule has 2 aromatic carbocycles. The number of amides is 1. The third-order valence-electron chi connectivity index (χ3n) is 4.11. The molecule has 0 atom stereocenters. The Balaban J connectivity index is 1.43. The maximum absolute atomic E-state index is 12.1. The molecule has 6 nitrogen and oxygen atoms in total. The molecule has 0 radical (unpaired) electrons. The van der Waals surface area contributed by atoms with Gasteiger partial charge in [0.15, 0.2) is 11.0 Å². The molecular formula is C20H20Cl2N4O2S. The van der Waals surface area contributed by atoms with E-state index in [-0.39, 0.29) is 12.5 Å². The highest BCUT2D eigenvalue weighted by molar-refractivity contribution is 7.99. The Morgan fingerprint density at radius 1 is 1.10 bits per heavy atom. The highest BCUT2D eigenvalue weighted by atomic mass is 35.5. The first-order chi connectivity index (χ1) is 14.0. The Morgan fingerprint density at radius 2 is 1.83 bits per heavy atom. The minimum absolute atomic E-state index is 0.0399. The van der Waals surface area contributed by atoms with Gasteiger partial charge in [-0.1, -0.05) is 65.3 Å². The average molecular weight is 451 g/mol. The zero-order valence-corrected chi connectivity index (χ0v) is 18.1. The summed E-state index contributed by atoms with van der Waals surface area (Å²) in [5.41, 5.74) is 0.895. The van der Waals surface area contributed by atoms with Crippen LogP contribution in [-0.4, -0.2) is 26.4 Å². The van der Waals surface area contributed by atoms with Crippen molar-refractivity contribution >= 4 is 40.9 Å². The fourth-order valence-electron chi connectivity index (χ4n) is 2.46. The topological polar surface area (TPSA) is 69.0 Å². The molecule has 0 aliphatic heterocycles. The second-order valence-electron chi connectivity index (χ2n) is 6.14.